The Morgan fingerprint density at radius 3 is 1.83 bits per heavy atom. The van der Waals surface area contributed by atoms with Crippen LogP contribution in [0.15, 0.2) is 0 Å². The normalized spacial score (nSPS) is 14.0. The monoisotopic (exact) mass is 415 g/mol. The smallest absolute Gasteiger partial charge is 0.329 e. The maximum absolute atomic E-state index is 12.8. The number of ether oxygens (including phenoxy) is 2. The van der Waals surface area contributed by atoms with Gasteiger partial charge in [-0.05, 0) is 47.5 Å². The molecule has 0 saturated heterocycles. The molecule has 0 aromatic rings. The molecule has 0 aliphatic carbocycles. The summed E-state index contributed by atoms with van der Waals surface area (Å²) >= 11 is 0. The van der Waals surface area contributed by atoms with Crippen LogP contribution < -0.4 is 16.4 Å². The number of nitrogens with two attached hydrogens (primary N) is 1. The summed E-state index contributed by atoms with van der Waals surface area (Å²) in [6.45, 7) is 13.9. The zero-order valence-electron chi connectivity index (χ0n) is 18.9. The molecule has 0 rings (SSSR count). The molecule has 0 radical (unpaired) electrons. The number of carbonyl (C=O) groups is 4. The van der Waals surface area contributed by atoms with E-state index in [0.29, 0.717) is 0 Å². The molecule has 4 N–H and O–H groups in total. The Morgan fingerprint density at radius 1 is 0.897 bits per heavy atom. The second-order valence-corrected chi connectivity index (χ2v) is 9.21. The molecule has 0 unspecified atom stereocenters. The highest BCUT2D eigenvalue weighted by Gasteiger charge is 2.33. The first kappa shape index (κ1) is 26.8. The van der Waals surface area contributed by atoms with Gasteiger partial charge in [-0.1, -0.05) is 13.8 Å². The first-order valence-electron chi connectivity index (χ1n) is 9.80. The summed E-state index contributed by atoms with van der Waals surface area (Å²) in [4.78, 5) is 49.4. The first-order valence-corrected chi connectivity index (χ1v) is 9.80. The van der Waals surface area contributed by atoms with Crippen molar-refractivity contribution in [3.8, 4) is 0 Å². The Balaban J connectivity index is 5.39. The molecule has 0 aromatic heterocycles. The highest BCUT2D eigenvalue weighted by molar-refractivity contribution is 5.93. The van der Waals surface area contributed by atoms with Crippen LogP contribution in [0.4, 0.5) is 0 Å². The predicted molar refractivity (Wildman–Crippen MR) is 109 cm³/mol. The van der Waals surface area contributed by atoms with Crippen LogP contribution in [-0.2, 0) is 28.7 Å². The second-order valence-electron chi connectivity index (χ2n) is 9.21. The van der Waals surface area contributed by atoms with Crippen molar-refractivity contribution in [2.45, 2.75) is 91.5 Å². The molecule has 0 aromatic carbocycles. The minimum Gasteiger partial charge on any atom is -0.460 e. The van der Waals surface area contributed by atoms with Gasteiger partial charge in [-0.15, -0.1) is 0 Å². The predicted octanol–water partition coefficient (Wildman–Crippen LogP) is 1.03. The van der Waals surface area contributed by atoms with Gasteiger partial charge in [0.15, 0.2) is 0 Å². The Kier molecular flexibility index (Phi) is 10.3. The molecule has 29 heavy (non-hydrogen) atoms. The van der Waals surface area contributed by atoms with Crippen LogP contribution in [0, 0.1) is 5.92 Å². The van der Waals surface area contributed by atoms with Gasteiger partial charge in [0.25, 0.3) is 0 Å². The summed E-state index contributed by atoms with van der Waals surface area (Å²) in [6, 6.07) is -2.14. The minimum absolute atomic E-state index is 0.00221. The van der Waals surface area contributed by atoms with Gasteiger partial charge in [-0.2, -0.15) is 0 Å². The van der Waals surface area contributed by atoms with Gasteiger partial charge in [0.2, 0.25) is 11.8 Å². The van der Waals surface area contributed by atoms with E-state index in [0.717, 1.165) is 0 Å². The molecule has 9 heteroatoms. The molecule has 0 aliphatic rings. The largest absolute Gasteiger partial charge is 0.460 e. The van der Waals surface area contributed by atoms with E-state index in [1.165, 1.54) is 0 Å². The lowest BCUT2D eigenvalue weighted by molar-refractivity contribution is -0.160. The number of amides is 2. The molecule has 0 saturated carbocycles. The molecule has 0 aliphatic heterocycles. The lowest BCUT2D eigenvalue weighted by atomic mass is 10.0. The number of hydrogen-bond donors (Lipinski definition) is 3. The topological polar surface area (TPSA) is 137 Å². The zero-order chi connectivity index (χ0) is 23.0. The lowest BCUT2D eigenvalue weighted by Crippen LogP contribution is -2.55. The molecular weight excluding hydrogens is 378 g/mol. The zero-order valence-corrected chi connectivity index (χ0v) is 18.9. The fourth-order valence-electron chi connectivity index (χ4n) is 2.27. The molecule has 0 bridgehead atoms. The third-order valence-electron chi connectivity index (χ3n) is 3.44. The van der Waals surface area contributed by atoms with Crippen LogP contribution in [0.25, 0.3) is 0 Å². The summed E-state index contributed by atoms with van der Waals surface area (Å²) in [5.41, 5.74) is 3.91. The van der Waals surface area contributed by atoms with Crippen LogP contribution in [-0.4, -0.2) is 53.6 Å². The average Bonchev–Trinajstić information content (AvgIpc) is 2.47. The standard InChI is InChI=1S/C20H37N3O6/c1-12(2)16(18(27)29-20(6,7)8)23-17(26)13(22-14(24)9-10-21)11-15(25)28-19(3,4)5/h12-13,16H,9-11,21H2,1-8H3,(H,22,24)(H,23,26)/t13-,16-/m0/s1. The fourth-order valence-corrected chi connectivity index (χ4v) is 2.27. The van der Waals surface area contributed by atoms with E-state index < -0.39 is 47.0 Å². The van der Waals surface area contributed by atoms with Crippen molar-refractivity contribution in [1.29, 1.82) is 0 Å². The highest BCUT2D eigenvalue weighted by Crippen LogP contribution is 2.14. The molecular formula is C20H37N3O6. The van der Waals surface area contributed by atoms with Crippen molar-refractivity contribution in [2.24, 2.45) is 11.7 Å². The Bertz CT molecular complexity index is 590. The van der Waals surface area contributed by atoms with Gasteiger partial charge in [0, 0.05) is 13.0 Å². The minimum atomic E-state index is -1.20. The SMILES string of the molecule is CC(C)[C@H](NC(=O)[C@H](CC(=O)OC(C)(C)C)NC(=O)CCN)C(=O)OC(C)(C)C. The van der Waals surface area contributed by atoms with Crippen molar-refractivity contribution < 1.29 is 28.7 Å². The number of esters is 2. The van der Waals surface area contributed by atoms with E-state index in [1.807, 2.05) is 0 Å². The van der Waals surface area contributed by atoms with E-state index in [4.69, 9.17) is 15.2 Å². The van der Waals surface area contributed by atoms with Gasteiger partial charge in [0.05, 0.1) is 6.42 Å². The van der Waals surface area contributed by atoms with E-state index in [-0.39, 0.29) is 25.3 Å². The van der Waals surface area contributed by atoms with Crippen LogP contribution >= 0.6 is 0 Å². The summed E-state index contributed by atoms with van der Waals surface area (Å²) in [7, 11) is 0. The summed E-state index contributed by atoms with van der Waals surface area (Å²) in [5, 5.41) is 5.07. The maximum Gasteiger partial charge on any atom is 0.329 e. The number of nitrogens with one attached hydrogen (secondary N) is 2. The van der Waals surface area contributed by atoms with Gasteiger partial charge in [-0.3, -0.25) is 14.4 Å². The number of carbonyl (C=O) groups excluding carboxylic acids is 4. The first-order chi connectivity index (χ1) is 13.1. The van der Waals surface area contributed by atoms with Crippen molar-refractivity contribution in [1.82, 2.24) is 10.6 Å². The number of hydrogen-bond acceptors (Lipinski definition) is 7. The van der Waals surface area contributed by atoms with Crippen LogP contribution in [0.3, 0.4) is 0 Å². The molecule has 168 valence electrons. The molecule has 2 amide bonds. The summed E-state index contributed by atoms with van der Waals surface area (Å²) in [6.07, 6.45) is -0.379. The van der Waals surface area contributed by atoms with E-state index in [2.05, 4.69) is 10.6 Å². The average molecular weight is 416 g/mol. The van der Waals surface area contributed by atoms with Crippen molar-refractivity contribution >= 4 is 23.8 Å². The molecule has 0 heterocycles. The third-order valence-corrected chi connectivity index (χ3v) is 3.44. The van der Waals surface area contributed by atoms with Crippen molar-refractivity contribution in [2.75, 3.05) is 6.54 Å². The molecule has 0 spiro atoms. The molecule has 0 fully saturated rings. The van der Waals surface area contributed by atoms with E-state index >= 15 is 0 Å². The Morgan fingerprint density at radius 2 is 1.41 bits per heavy atom. The van der Waals surface area contributed by atoms with Crippen LogP contribution in [0.2, 0.25) is 0 Å². The summed E-state index contributed by atoms with van der Waals surface area (Å²) < 4.78 is 10.6. The van der Waals surface area contributed by atoms with Crippen molar-refractivity contribution in [3.05, 3.63) is 0 Å². The van der Waals surface area contributed by atoms with Gasteiger partial charge in [-0.25, -0.2) is 4.79 Å². The van der Waals surface area contributed by atoms with Gasteiger partial charge in [0.1, 0.15) is 23.3 Å². The number of rotatable bonds is 9. The van der Waals surface area contributed by atoms with Crippen LogP contribution in [0.5, 0.6) is 0 Å². The molecule has 2 atom stereocenters. The lowest BCUT2D eigenvalue weighted by Gasteiger charge is -2.28. The van der Waals surface area contributed by atoms with E-state index in [1.54, 1.807) is 55.4 Å². The summed E-state index contributed by atoms with van der Waals surface area (Å²) in [5.74, 6) is -2.66. The Hall–Kier alpha value is -2.16. The maximum atomic E-state index is 12.8. The van der Waals surface area contributed by atoms with Gasteiger partial charge >= 0.3 is 11.9 Å². The quantitative estimate of drug-likeness (QED) is 0.478. The van der Waals surface area contributed by atoms with Gasteiger partial charge < -0.3 is 25.8 Å². The van der Waals surface area contributed by atoms with E-state index in [9.17, 15) is 19.2 Å². The second kappa shape index (κ2) is 11.1. The third kappa shape index (κ3) is 12.1. The van der Waals surface area contributed by atoms with Crippen molar-refractivity contribution in [3.63, 3.8) is 0 Å². The van der Waals surface area contributed by atoms with Crippen LogP contribution in [0.1, 0.15) is 68.2 Å². The molecule has 9 nitrogen and oxygen atoms in total. The Labute approximate surface area is 173 Å². The fraction of sp³-hybridized carbons (Fsp3) is 0.800. The highest BCUT2D eigenvalue weighted by atomic mass is 16.6.